The summed E-state index contributed by atoms with van der Waals surface area (Å²) in [7, 11) is 0. The van der Waals surface area contributed by atoms with Crippen LogP contribution in [0.5, 0.6) is 0 Å². The molecule has 0 heterocycles. The molecule has 0 aliphatic heterocycles. The number of hydrogen-bond donors (Lipinski definition) is 1. The molecule has 1 unspecified atom stereocenters. The van der Waals surface area contributed by atoms with Crippen molar-refractivity contribution in [3.8, 4) is 0 Å². The minimum atomic E-state index is -2.69. The summed E-state index contributed by atoms with van der Waals surface area (Å²) < 4.78 is 25.8. The van der Waals surface area contributed by atoms with Crippen LogP contribution in [-0.2, 0) is 4.79 Å². The standard InChI is InChI=1S/C8H13F2NO/c1-2-7(12)11-6-4-3-5-8(6,9)10/h6H,2-5H2,1H3,(H,11,12). The fourth-order valence-electron chi connectivity index (χ4n) is 1.40. The van der Waals surface area contributed by atoms with E-state index in [9.17, 15) is 13.6 Å². The van der Waals surface area contributed by atoms with E-state index in [1.54, 1.807) is 6.92 Å². The van der Waals surface area contributed by atoms with Crippen molar-refractivity contribution in [3.05, 3.63) is 0 Å². The van der Waals surface area contributed by atoms with Gasteiger partial charge in [-0.05, 0) is 12.8 Å². The van der Waals surface area contributed by atoms with Crippen LogP contribution in [-0.4, -0.2) is 17.9 Å². The van der Waals surface area contributed by atoms with E-state index in [4.69, 9.17) is 0 Å². The van der Waals surface area contributed by atoms with Crippen LogP contribution in [0.2, 0.25) is 0 Å². The predicted molar refractivity (Wildman–Crippen MR) is 41.0 cm³/mol. The van der Waals surface area contributed by atoms with Crippen molar-refractivity contribution in [1.29, 1.82) is 0 Å². The molecule has 70 valence electrons. The molecule has 0 saturated heterocycles. The molecular weight excluding hydrogens is 164 g/mol. The van der Waals surface area contributed by atoms with Gasteiger partial charge in [0.15, 0.2) is 0 Å². The van der Waals surface area contributed by atoms with Gasteiger partial charge in [0.25, 0.3) is 5.92 Å². The van der Waals surface area contributed by atoms with E-state index in [-0.39, 0.29) is 18.7 Å². The number of amides is 1. The molecule has 4 heteroatoms. The Labute approximate surface area is 70.3 Å². The number of rotatable bonds is 2. The maximum Gasteiger partial charge on any atom is 0.267 e. The van der Waals surface area contributed by atoms with Gasteiger partial charge in [0.1, 0.15) is 0 Å². The molecule has 0 aromatic rings. The van der Waals surface area contributed by atoms with Crippen LogP contribution in [0.15, 0.2) is 0 Å². The van der Waals surface area contributed by atoms with Crippen molar-refractivity contribution in [3.63, 3.8) is 0 Å². The number of carbonyl (C=O) groups excluding carboxylic acids is 1. The maximum atomic E-state index is 12.9. The summed E-state index contributed by atoms with van der Waals surface area (Å²) in [4.78, 5) is 10.8. The number of hydrogen-bond acceptors (Lipinski definition) is 1. The van der Waals surface area contributed by atoms with Crippen molar-refractivity contribution in [1.82, 2.24) is 5.32 Å². The van der Waals surface area contributed by atoms with Crippen LogP contribution in [0, 0.1) is 0 Å². The molecule has 1 rings (SSSR count). The monoisotopic (exact) mass is 177 g/mol. The van der Waals surface area contributed by atoms with E-state index < -0.39 is 12.0 Å². The molecule has 1 fully saturated rings. The number of halogens is 2. The van der Waals surface area contributed by atoms with Gasteiger partial charge in [-0.15, -0.1) is 0 Å². The Bertz CT molecular complexity index is 182. The van der Waals surface area contributed by atoms with E-state index in [2.05, 4.69) is 5.32 Å². The summed E-state index contributed by atoms with van der Waals surface area (Å²) >= 11 is 0. The minimum Gasteiger partial charge on any atom is -0.347 e. The molecule has 0 spiro atoms. The fraction of sp³-hybridized carbons (Fsp3) is 0.875. The first-order chi connectivity index (χ1) is 5.56. The SMILES string of the molecule is CCC(=O)NC1CCCC1(F)F. The number of nitrogens with one attached hydrogen (secondary N) is 1. The Morgan fingerprint density at radius 3 is 2.75 bits per heavy atom. The highest BCUT2D eigenvalue weighted by molar-refractivity contribution is 5.76. The molecule has 0 aromatic heterocycles. The van der Waals surface area contributed by atoms with Gasteiger partial charge in [0.05, 0.1) is 6.04 Å². The van der Waals surface area contributed by atoms with Crippen LogP contribution in [0.4, 0.5) is 8.78 Å². The second-order valence-electron chi connectivity index (χ2n) is 3.13. The molecule has 0 bridgehead atoms. The van der Waals surface area contributed by atoms with Gasteiger partial charge in [-0.3, -0.25) is 4.79 Å². The molecule has 2 nitrogen and oxygen atoms in total. The second kappa shape index (κ2) is 3.37. The number of carbonyl (C=O) groups is 1. The molecule has 0 aromatic carbocycles. The molecule has 1 aliphatic rings. The van der Waals surface area contributed by atoms with E-state index in [0.717, 1.165) is 0 Å². The lowest BCUT2D eigenvalue weighted by Gasteiger charge is -2.19. The quantitative estimate of drug-likeness (QED) is 0.683. The Morgan fingerprint density at radius 1 is 1.67 bits per heavy atom. The van der Waals surface area contributed by atoms with Crippen molar-refractivity contribution in [2.75, 3.05) is 0 Å². The third kappa shape index (κ3) is 1.93. The predicted octanol–water partition coefficient (Wildman–Crippen LogP) is 1.70. The fourth-order valence-corrected chi connectivity index (χ4v) is 1.40. The Hall–Kier alpha value is -0.670. The third-order valence-electron chi connectivity index (χ3n) is 2.17. The summed E-state index contributed by atoms with van der Waals surface area (Å²) in [5, 5.41) is 2.33. The first-order valence-corrected chi connectivity index (χ1v) is 4.23. The molecule has 1 amide bonds. The van der Waals surface area contributed by atoms with Crippen LogP contribution < -0.4 is 5.32 Å². The lowest BCUT2D eigenvalue weighted by atomic mass is 10.2. The van der Waals surface area contributed by atoms with Crippen molar-refractivity contribution >= 4 is 5.91 Å². The number of alkyl halides is 2. The zero-order valence-electron chi connectivity index (χ0n) is 7.07. The largest absolute Gasteiger partial charge is 0.347 e. The molecule has 1 aliphatic carbocycles. The topological polar surface area (TPSA) is 29.1 Å². The van der Waals surface area contributed by atoms with Gasteiger partial charge in [0.2, 0.25) is 5.91 Å². The van der Waals surface area contributed by atoms with Crippen molar-refractivity contribution < 1.29 is 13.6 Å². The normalized spacial score (nSPS) is 27.1. The van der Waals surface area contributed by atoms with Crippen molar-refractivity contribution in [2.45, 2.75) is 44.6 Å². The van der Waals surface area contributed by atoms with Crippen LogP contribution in [0.25, 0.3) is 0 Å². The lowest BCUT2D eigenvalue weighted by molar-refractivity contribution is -0.124. The zero-order valence-corrected chi connectivity index (χ0v) is 7.07. The molecule has 1 atom stereocenters. The summed E-state index contributed by atoms with van der Waals surface area (Å²) in [5.41, 5.74) is 0. The van der Waals surface area contributed by atoms with Gasteiger partial charge < -0.3 is 5.32 Å². The zero-order chi connectivity index (χ0) is 9.19. The third-order valence-corrected chi connectivity index (χ3v) is 2.17. The molecule has 0 radical (unpaired) electrons. The van der Waals surface area contributed by atoms with Gasteiger partial charge in [-0.2, -0.15) is 0 Å². The smallest absolute Gasteiger partial charge is 0.267 e. The summed E-state index contributed by atoms with van der Waals surface area (Å²) in [6.07, 6.45) is 1.08. The molecule has 1 N–H and O–H groups in total. The minimum absolute atomic E-state index is 0.0956. The van der Waals surface area contributed by atoms with Gasteiger partial charge in [0, 0.05) is 12.8 Å². The van der Waals surface area contributed by atoms with Crippen LogP contribution >= 0.6 is 0 Å². The summed E-state index contributed by atoms with van der Waals surface area (Å²) in [6.45, 7) is 1.66. The Balaban J connectivity index is 2.47. The summed E-state index contributed by atoms with van der Waals surface area (Å²) in [5.74, 6) is -2.98. The summed E-state index contributed by atoms with van der Waals surface area (Å²) in [6, 6.07) is -0.926. The highest BCUT2D eigenvalue weighted by Gasteiger charge is 2.44. The average molecular weight is 177 g/mol. The van der Waals surface area contributed by atoms with E-state index in [1.807, 2.05) is 0 Å². The Morgan fingerprint density at radius 2 is 2.33 bits per heavy atom. The first kappa shape index (κ1) is 9.42. The van der Waals surface area contributed by atoms with Gasteiger partial charge >= 0.3 is 0 Å². The molecule has 12 heavy (non-hydrogen) atoms. The van der Waals surface area contributed by atoms with E-state index in [0.29, 0.717) is 12.8 Å². The second-order valence-corrected chi connectivity index (χ2v) is 3.13. The van der Waals surface area contributed by atoms with Crippen LogP contribution in [0.3, 0.4) is 0 Å². The van der Waals surface area contributed by atoms with E-state index >= 15 is 0 Å². The van der Waals surface area contributed by atoms with Gasteiger partial charge in [-0.25, -0.2) is 8.78 Å². The molecule has 1 saturated carbocycles. The van der Waals surface area contributed by atoms with Crippen molar-refractivity contribution in [2.24, 2.45) is 0 Å². The maximum absolute atomic E-state index is 12.9. The lowest BCUT2D eigenvalue weighted by Crippen LogP contribution is -2.43. The first-order valence-electron chi connectivity index (χ1n) is 4.23. The van der Waals surface area contributed by atoms with Crippen LogP contribution in [0.1, 0.15) is 32.6 Å². The van der Waals surface area contributed by atoms with E-state index in [1.165, 1.54) is 0 Å². The Kier molecular flexibility index (Phi) is 2.65. The molecular formula is C8H13F2NO. The average Bonchev–Trinajstić information content (AvgIpc) is 2.31. The highest BCUT2D eigenvalue weighted by Crippen LogP contribution is 2.34. The van der Waals surface area contributed by atoms with Gasteiger partial charge in [-0.1, -0.05) is 6.92 Å². The highest BCUT2D eigenvalue weighted by atomic mass is 19.3.